The maximum atomic E-state index is 12.0. The quantitative estimate of drug-likeness (QED) is 0.479. The Kier molecular flexibility index (Phi) is 9.34. The topological polar surface area (TPSA) is 81.7 Å². The van der Waals surface area contributed by atoms with Gasteiger partial charge in [0.25, 0.3) is 0 Å². The van der Waals surface area contributed by atoms with Crippen LogP contribution in [0, 0.1) is 0 Å². The molecule has 6 nitrogen and oxygen atoms in total. The maximum Gasteiger partial charge on any atom is 0.408 e. The normalized spacial score (nSPS) is 12.2. The first-order chi connectivity index (χ1) is 12.2. The summed E-state index contributed by atoms with van der Waals surface area (Å²) in [6.45, 7) is 5.46. The highest BCUT2D eigenvalue weighted by Gasteiger charge is 2.23. The van der Waals surface area contributed by atoms with E-state index in [1.807, 2.05) is 30.3 Å². The van der Waals surface area contributed by atoms with Gasteiger partial charge in [0.2, 0.25) is 0 Å². The minimum atomic E-state index is -0.703. The van der Waals surface area contributed by atoms with Crippen LogP contribution in [0.5, 0.6) is 0 Å². The van der Waals surface area contributed by atoms with Crippen molar-refractivity contribution in [2.45, 2.75) is 58.3 Å². The highest BCUT2D eigenvalue weighted by molar-refractivity contribution is 9.09. The lowest BCUT2D eigenvalue weighted by Crippen LogP contribution is -2.44. The summed E-state index contributed by atoms with van der Waals surface area (Å²) in [4.78, 5) is 35.6. The number of esters is 1. The number of ketones is 1. The Balaban J connectivity index is 2.40. The Morgan fingerprint density at radius 2 is 1.81 bits per heavy atom. The van der Waals surface area contributed by atoms with Crippen LogP contribution in [0.1, 0.15) is 45.6 Å². The van der Waals surface area contributed by atoms with Crippen LogP contribution >= 0.6 is 15.9 Å². The highest BCUT2D eigenvalue weighted by Crippen LogP contribution is 2.10. The largest absolute Gasteiger partial charge is 0.461 e. The molecule has 0 heterocycles. The molecule has 1 amide bonds. The van der Waals surface area contributed by atoms with E-state index < -0.39 is 17.7 Å². The number of hydrogen-bond donors (Lipinski definition) is 1. The summed E-state index contributed by atoms with van der Waals surface area (Å²) in [6.07, 6.45) is 0.287. The summed E-state index contributed by atoms with van der Waals surface area (Å²) in [6, 6.07) is 8.70. The average Bonchev–Trinajstić information content (AvgIpc) is 2.57. The zero-order chi connectivity index (χ0) is 19.6. The van der Waals surface area contributed by atoms with Gasteiger partial charge in [0, 0.05) is 6.42 Å². The predicted octanol–water partition coefficient (Wildman–Crippen LogP) is 3.76. The molecule has 0 saturated heterocycles. The molecule has 0 fully saturated rings. The maximum absolute atomic E-state index is 12.0. The average molecular weight is 428 g/mol. The minimum absolute atomic E-state index is 0.117. The van der Waals surface area contributed by atoms with Crippen LogP contribution in [-0.4, -0.2) is 34.8 Å². The molecule has 7 heteroatoms. The number of halogens is 1. The third-order valence-corrected chi connectivity index (χ3v) is 3.88. The Hall–Kier alpha value is -1.89. The second-order valence-electron chi connectivity index (χ2n) is 6.84. The van der Waals surface area contributed by atoms with E-state index in [0.29, 0.717) is 12.8 Å². The fourth-order valence-electron chi connectivity index (χ4n) is 2.12. The summed E-state index contributed by atoms with van der Waals surface area (Å²) in [5, 5.41) is 2.68. The number of carbonyl (C=O) groups excluding carboxylic acids is 3. The van der Waals surface area contributed by atoms with Crippen LogP contribution in [0.2, 0.25) is 0 Å². The first kappa shape index (κ1) is 22.2. The van der Waals surface area contributed by atoms with Gasteiger partial charge in [-0.25, -0.2) is 4.79 Å². The molecule has 1 rings (SSSR count). The molecule has 0 spiro atoms. The van der Waals surface area contributed by atoms with Crippen molar-refractivity contribution < 1.29 is 23.9 Å². The van der Waals surface area contributed by atoms with Crippen molar-refractivity contribution in [3.8, 4) is 0 Å². The molecule has 1 aromatic carbocycles. The van der Waals surface area contributed by atoms with E-state index in [9.17, 15) is 14.4 Å². The SMILES string of the molecule is CC(C)(C)OC(=O)N[C@@H](CCCC(=O)OCc1ccccc1)C(=O)CBr. The summed E-state index contributed by atoms with van der Waals surface area (Å²) < 4.78 is 10.4. The summed E-state index contributed by atoms with van der Waals surface area (Å²) >= 11 is 3.11. The zero-order valence-corrected chi connectivity index (χ0v) is 17.0. The Labute approximate surface area is 162 Å². The highest BCUT2D eigenvalue weighted by atomic mass is 79.9. The second-order valence-corrected chi connectivity index (χ2v) is 7.40. The molecule has 144 valence electrons. The fraction of sp³-hybridized carbons (Fsp3) is 0.526. The van der Waals surface area contributed by atoms with Gasteiger partial charge >= 0.3 is 12.1 Å². The first-order valence-electron chi connectivity index (χ1n) is 8.49. The third-order valence-electron chi connectivity index (χ3n) is 3.33. The number of Topliss-reactive ketones (excluding diaryl/α,β-unsaturated/α-hetero) is 1. The molecule has 1 aromatic rings. The van der Waals surface area contributed by atoms with Crippen LogP contribution in [0.4, 0.5) is 4.79 Å². The van der Waals surface area contributed by atoms with Crippen molar-refractivity contribution in [2.75, 3.05) is 5.33 Å². The van der Waals surface area contributed by atoms with Gasteiger partial charge in [-0.15, -0.1) is 0 Å². The molecule has 0 aliphatic heterocycles. The molecule has 0 unspecified atom stereocenters. The molecule has 0 aliphatic rings. The van der Waals surface area contributed by atoms with Crippen molar-refractivity contribution in [1.82, 2.24) is 5.32 Å². The van der Waals surface area contributed by atoms with Crippen LogP contribution in [0.25, 0.3) is 0 Å². The molecular formula is C19H26BrNO5. The van der Waals surface area contributed by atoms with Gasteiger partial charge in [0.05, 0.1) is 11.4 Å². The van der Waals surface area contributed by atoms with Gasteiger partial charge in [-0.2, -0.15) is 0 Å². The molecule has 0 saturated carbocycles. The van der Waals surface area contributed by atoms with E-state index in [2.05, 4.69) is 21.2 Å². The van der Waals surface area contributed by atoms with Gasteiger partial charge in [0.15, 0.2) is 5.78 Å². The van der Waals surface area contributed by atoms with Gasteiger partial charge in [-0.05, 0) is 39.2 Å². The molecule has 1 atom stereocenters. The Bertz CT molecular complexity index is 598. The standard InChI is InChI=1S/C19H26BrNO5/c1-19(2,3)26-18(24)21-15(16(22)12-20)10-7-11-17(23)25-13-14-8-5-4-6-9-14/h4-6,8-9,15H,7,10-13H2,1-3H3,(H,21,24)/t15-/m0/s1. The fourth-order valence-corrected chi connectivity index (χ4v) is 2.51. The van der Waals surface area contributed by atoms with Crippen molar-refractivity contribution in [1.29, 1.82) is 0 Å². The molecule has 0 aliphatic carbocycles. The zero-order valence-electron chi connectivity index (χ0n) is 15.4. The lowest BCUT2D eigenvalue weighted by atomic mass is 10.1. The van der Waals surface area contributed by atoms with Gasteiger partial charge in [-0.3, -0.25) is 9.59 Å². The van der Waals surface area contributed by atoms with Crippen LogP contribution in [-0.2, 0) is 25.7 Å². The van der Waals surface area contributed by atoms with E-state index >= 15 is 0 Å². The van der Waals surface area contributed by atoms with Crippen molar-refractivity contribution in [3.63, 3.8) is 0 Å². The molecule has 0 radical (unpaired) electrons. The smallest absolute Gasteiger partial charge is 0.408 e. The van der Waals surface area contributed by atoms with E-state index in [1.54, 1.807) is 20.8 Å². The monoisotopic (exact) mass is 427 g/mol. The van der Waals surface area contributed by atoms with Crippen molar-refractivity contribution in [3.05, 3.63) is 35.9 Å². The molecule has 26 heavy (non-hydrogen) atoms. The van der Waals surface area contributed by atoms with Crippen molar-refractivity contribution in [2.24, 2.45) is 0 Å². The number of amides is 1. The molecule has 0 bridgehead atoms. The lowest BCUT2D eigenvalue weighted by molar-refractivity contribution is -0.145. The van der Waals surface area contributed by atoms with Crippen LogP contribution < -0.4 is 5.32 Å². The minimum Gasteiger partial charge on any atom is -0.461 e. The van der Waals surface area contributed by atoms with Gasteiger partial charge in [-0.1, -0.05) is 46.3 Å². The van der Waals surface area contributed by atoms with E-state index in [-0.39, 0.29) is 30.1 Å². The number of nitrogens with one attached hydrogen (secondary N) is 1. The number of benzene rings is 1. The summed E-state index contributed by atoms with van der Waals surface area (Å²) in [7, 11) is 0. The summed E-state index contributed by atoms with van der Waals surface area (Å²) in [5.74, 6) is -0.510. The van der Waals surface area contributed by atoms with E-state index in [1.165, 1.54) is 0 Å². The van der Waals surface area contributed by atoms with Gasteiger partial charge < -0.3 is 14.8 Å². The van der Waals surface area contributed by atoms with E-state index in [0.717, 1.165) is 5.56 Å². The third kappa shape index (κ3) is 9.56. The number of hydrogen-bond acceptors (Lipinski definition) is 5. The van der Waals surface area contributed by atoms with E-state index in [4.69, 9.17) is 9.47 Å². The number of alkyl halides is 1. The van der Waals surface area contributed by atoms with Crippen molar-refractivity contribution >= 4 is 33.8 Å². The van der Waals surface area contributed by atoms with Crippen LogP contribution in [0.15, 0.2) is 30.3 Å². The Morgan fingerprint density at radius 3 is 2.38 bits per heavy atom. The van der Waals surface area contributed by atoms with Gasteiger partial charge in [0.1, 0.15) is 12.2 Å². The number of alkyl carbamates (subject to hydrolysis) is 1. The summed E-state index contributed by atoms with van der Waals surface area (Å²) in [5.41, 5.74) is 0.271. The second kappa shape index (κ2) is 11.0. The predicted molar refractivity (Wildman–Crippen MR) is 102 cm³/mol. The molecule has 0 aromatic heterocycles. The molecule has 1 N–H and O–H groups in total. The number of ether oxygens (including phenoxy) is 2. The molecular weight excluding hydrogens is 402 g/mol. The lowest BCUT2D eigenvalue weighted by Gasteiger charge is -2.22. The number of carbonyl (C=O) groups is 3. The Morgan fingerprint density at radius 1 is 1.15 bits per heavy atom. The van der Waals surface area contributed by atoms with Crippen LogP contribution in [0.3, 0.4) is 0 Å². The first-order valence-corrected chi connectivity index (χ1v) is 9.61. The number of rotatable bonds is 9.